The highest BCUT2D eigenvalue weighted by Crippen LogP contribution is 2.28. The van der Waals surface area contributed by atoms with Crippen molar-refractivity contribution in [2.45, 2.75) is 19.9 Å². The van der Waals surface area contributed by atoms with E-state index in [1.165, 1.54) is 41.1 Å². The lowest BCUT2D eigenvalue weighted by Crippen LogP contribution is -2.33. The van der Waals surface area contributed by atoms with Gasteiger partial charge in [-0.15, -0.1) is 11.3 Å². The molecule has 1 amide bonds. The second kappa shape index (κ2) is 8.35. The van der Waals surface area contributed by atoms with Crippen LogP contribution in [0, 0.1) is 12.7 Å². The summed E-state index contributed by atoms with van der Waals surface area (Å²) in [6.45, 7) is 3.42. The SMILES string of the molecule is Cc1cccc(-c2nc3scc(C(=O)O)c3c(=O)n2C(C)C(=O)Nc2ccc(F)cc2)c1. The molecule has 0 fully saturated rings. The van der Waals surface area contributed by atoms with Crippen molar-refractivity contribution in [3.05, 3.63) is 81.2 Å². The summed E-state index contributed by atoms with van der Waals surface area (Å²) in [6.07, 6.45) is 0. The van der Waals surface area contributed by atoms with Gasteiger partial charge in [0.25, 0.3) is 5.56 Å². The normalized spacial score (nSPS) is 12.0. The van der Waals surface area contributed by atoms with Crippen molar-refractivity contribution < 1.29 is 19.1 Å². The Bertz CT molecular complexity index is 1410. The monoisotopic (exact) mass is 451 g/mol. The van der Waals surface area contributed by atoms with E-state index in [2.05, 4.69) is 10.3 Å². The highest BCUT2D eigenvalue weighted by molar-refractivity contribution is 7.17. The van der Waals surface area contributed by atoms with Crippen molar-refractivity contribution in [1.29, 1.82) is 0 Å². The summed E-state index contributed by atoms with van der Waals surface area (Å²) in [5.41, 5.74) is 1.15. The van der Waals surface area contributed by atoms with Crippen molar-refractivity contribution in [3.8, 4) is 11.4 Å². The lowest BCUT2D eigenvalue weighted by atomic mass is 10.1. The minimum atomic E-state index is -1.24. The van der Waals surface area contributed by atoms with Gasteiger partial charge in [0.1, 0.15) is 22.5 Å². The molecule has 1 unspecified atom stereocenters. The van der Waals surface area contributed by atoms with Crippen LogP contribution in [0.15, 0.2) is 58.7 Å². The molecule has 7 nitrogen and oxygen atoms in total. The van der Waals surface area contributed by atoms with Gasteiger partial charge in [0.2, 0.25) is 5.91 Å². The van der Waals surface area contributed by atoms with E-state index >= 15 is 0 Å². The van der Waals surface area contributed by atoms with Crippen LogP contribution in [0.1, 0.15) is 28.9 Å². The number of aromatic nitrogens is 2. The molecule has 32 heavy (non-hydrogen) atoms. The molecule has 0 spiro atoms. The van der Waals surface area contributed by atoms with Gasteiger partial charge < -0.3 is 10.4 Å². The summed E-state index contributed by atoms with van der Waals surface area (Å²) < 4.78 is 14.4. The van der Waals surface area contributed by atoms with Gasteiger partial charge in [-0.2, -0.15) is 0 Å². The average Bonchev–Trinajstić information content (AvgIpc) is 3.19. The molecular weight excluding hydrogens is 433 g/mol. The quantitative estimate of drug-likeness (QED) is 0.466. The highest BCUT2D eigenvalue weighted by atomic mass is 32.1. The van der Waals surface area contributed by atoms with Crippen molar-refractivity contribution in [2.75, 3.05) is 5.32 Å². The number of carbonyl (C=O) groups excluding carboxylic acids is 1. The Morgan fingerprint density at radius 1 is 1.19 bits per heavy atom. The molecule has 0 saturated heterocycles. The number of carbonyl (C=O) groups is 2. The number of aryl methyl sites for hydroxylation is 1. The van der Waals surface area contributed by atoms with Gasteiger partial charge in [-0.05, 0) is 44.2 Å². The molecular formula is C23H18FN3O4S. The van der Waals surface area contributed by atoms with Gasteiger partial charge in [0, 0.05) is 16.6 Å². The van der Waals surface area contributed by atoms with Crippen LogP contribution in [0.4, 0.5) is 10.1 Å². The molecule has 2 aromatic heterocycles. The number of aromatic carboxylic acids is 1. The molecule has 162 valence electrons. The second-order valence-electron chi connectivity index (χ2n) is 7.29. The van der Waals surface area contributed by atoms with E-state index in [1.54, 1.807) is 6.07 Å². The zero-order valence-corrected chi connectivity index (χ0v) is 17.9. The van der Waals surface area contributed by atoms with Crippen LogP contribution in [0.25, 0.3) is 21.6 Å². The first-order valence-electron chi connectivity index (χ1n) is 9.66. The fourth-order valence-electron chi connectivity index (χ4n) is 3.41. The Kier molecular flexibility index (Phi) is 5.58. The number of fused-ring (bicyclic) bond motifs is 1. The molecule has 9 heteroatoms. The summed E-state index contributed by atoms with van der Waals surface area (Å²) in [5, 5.41) is 13.5. The first-order chi connectivity index (χ1) is 15.3. The number of hydrogen-bond acceptors (Lipinski definition) is 5. The summed E-state index contributed by atoms with van der Waals surface area (Å²) in [7, 11) is 0. The zero-order chi connectivity index (χ0) is 23.0. The number of thiophene rings is 1. The number of carboxylic acids is 1. The van der Waals surface area contributed by atoms with Crippen molar-refractivity contribution in [1.82, 2.24) is 9.55 Å². The summed E-state index contributed by atoms with van der Waals surface area (Å²) in [5.74, 6) is -1.96. The Hall–Kier alpha value is -3.85. The van der Waals surface area contributed by atoms with Crippen LogP contribution in [-0.4, -0.2) is 26.5 Å². The summed E-state index contributed by atoms with van der Waals surface area (Å²) >= 11 is 1.06. The van der Waals surface area contributed by atoms with E-state index in [-0.39, 0.29) is 21.6 Å². The molecule has 0 aliphatic heterocycles. The number of benzene rings is 2. The predicted octanol–water partition coefficient (Wildman–Crippen LogP) is 4.47. The lowest BCUT2D eigenvalue weighted by Gasteiger charge is -2.19. The predicted molar refractivity (Wildman–Crippen MR) is 121 cm³/mol. The third kappa shape index (κ3) is 3.90. The topological polar surface area (TPSA) is 101 Å². The number of hydrogen-bond donors (Lipinski definition) is 2. The zero-order valence-electron chi connectivity index (χ0n) is 17.1. The van der Waals surface area contributed by atoms with Crippen molar-refractivity contribution >= 4 is 39.1 Å². The second-order valence-corrected chi connectivity index (χ2v) is 8.14. The molecule has 2 aromatic carbocycles. The van der Waals surface area contributed by atoms with Crippen LogP contribution in [0.2, 0.25) is 0 Å². The molecule has 0 radical (unpaired) electrons. The van der Waals surface area contributed by atoms with Gasteiger partial charge in [-0.3, -0.25) is 14.2 Å². The van der Waals surface area contributed by atoms with Crippen LogP contribution < -0.4 is 10.9 Å². The Morgan fingerprint density at radius 3 is 2.56 bits per heavy atom. The fraction of sp³-hybridized carbons (Fsp3) is 0.130. The number of nitrogens with one attached hydrogen (secondary N) is 1. The Labute approximate surface area is 185 Å². The maximum atomic E-state index is 13.5. The van der Waals surface area contributed by atoms with Gasteiger partial charge in [0.05, 0.1) is 10.9 Å². The maximum absolute atomic E-state index is 13.5. The number of amides is 1. The highest BCUT2D eigenvalue weighted by Gasteiger charge is 2.26. The van der Waals surface area contributed by atoms with E-state index in [9.17, 15) is 23.9 Å². The summed E-state index contributed by atoms with van der Waals surface area (Å²) in [6, 6.07) is 11.5. The van der Waals surface area contributed by atoms with E-state index in [1.807, 2.05) is 25.1 Å². The number of anilines is 1. The largest absolute Gasteiger partial charge is 0.478 e. The van der Waals surface area contributed by atoms with E-state index in [4.69, 9.17) is 0 Å². The third-order valence-electron chi connectivity index (χ3n) is 5.03. The fourth-order valence-corrected chi connectivity index (χ4v) is 4.31. The number of carboxylic acid groups (broad SMARTS) is 1. The van der Waals surface area contributed by atoms with Crippen LogP contribution >= 0.6 is 11.3 Å². The van der Waals surface area contributed by atoms with Gasteiger partial charge in [-0.25, -0.2) is 14.2 Å². The Balaban J connectivity index is 1.89. The molecule has 2 heterocycles. The molecule has 0 saturated carbocycles. The average molecular weight is 451 g/mol. The minimum absolute atomic E-state index is 0.0414. The van der Waals surface area contributed by atoms with E-state index in [0.29, 0.717) is 11.3 Å². The molecule has 2 N–H and O–H groups in total. The van der Waals surface area contributed by atoms with Crippen molar-refractivity contribution in [3.63, 3.8) is 0 Å². The molecule has 4 rings (SSSR count). The molecule has 0 bridgehead atoms. The van der Waals surface area contributed by atoms with Crippen LogP contribution in [0.3, 0.4) is 0 Å². The summed E-state index contributed by atoms with van der Waals surface area (Å²) in [4.78, 5) is 42.9. The van der Waals surface area contributed by atoms with E-state index < -0.39 is 29.3 Å². The molecule has 4 aromatic rings. The van der Waals surface area contributed by atoms with Crippen molar-refractivity contribution in [2.24, 2.45) is 0 Å². The molecule has 0 aliphatic rings. The smallest absolute Gasteiger partial charge is 0.337 e. The third-order valence-corrected chi connectivity index (χ3v) is 5.90. The first-order valence-corrected chi connectivity index (χ1v) is 10.5. The van der Waals surface area contributed by atoms with Crippen LogP contribution in [0.5, 0.6) is 0 Å². The Morgan fingerprint density at radius 2 is 1.91 bits per heavy atom. The van der Waals surface area contributed by atoms with Crippen LogP contribution in [-0.2, 0) is 4.79 Å². The number of nitrogens with zero attached hydrogens (tertiary/aromatic N) is 2. The lowest BCUT2D eigenvalue weighted by molar-refractivity contribution is -0.118. The standard InChI is InChI=1S/C23H18FN3O4S/c1-12-4-3-5-14(10-12)19-26-21-18(17(11-32-21)23(30)31)22(29)27(19)13(2)20(28)25-16-8-6-15(24)7-9-16/h3-11,13H,1-2H3,(H,25,28)(H,30,31). The first kappa shape index (κ1) is 21.4. The molecule has 1 atom stereocenters. The van der Waals surface area contributed by atoms with Gasteiger partial charge in [0.15, 0.2) is 0 Å². The maximum Gasteiger partial charge on any atom is 0.337 e. The van der Waals surface area contributed by atoms with E-state index in [0.717, 1.165) is 16.9 Å². The molecule has 0 aliphatic carbocycles. The number of rotatable bonds is 5. The minimum Gasteiger partial charge on any atom is -0.478 e. The van der Waals surface area contributed by atoms with Gasteiger partial charge >= 0.3 is 5.97 Å². The van der Waals surface area contributed by atoms with Gasteiger partial charge in [-0.1, -0.05) is 23.8 Å². The number of halogens is 1.